The van der Waals surface area contributed by atoms with Crippen molar-refractivity contribution in [1.82, 2.24) is 0 Å². The zero-order valence-corrected chi connectivity index (χ0v) is 6.54. The van der Waals surface area contributed by atoms with Crippen LogP contribution in [0.1, 0.15) is 6.42 Å². The topological polar surface area (TPSA) is 0 Å². The average Bonchev–Trinajstić information content (AvgIpc) is 2.01. The van der Waals surface area contributed by atoms with Gasteiger partial charge >= 0.3 is 12.3 Å². The molecule has 0 amide bonds. The van der Waals surface area contributed by atoms with E-state index < -0.39 is 37.5 Å². The van der Waals surface area contributed by atoms with Gasteiger partial charge in [0.25, 0.3) is 6.43 Å². The van der Waals surface area contributed by atoms with Crippen LogP contribution in [-0.2, 0) is 0 Å². The third-order valence-electron chi connectivity index (χ3n) is 1.37. The molecule has 8 heteroatoms. The number of hydrogen-bond donors (Lipinski definition) is 0. The lowest BCUT2D eigenvalue weighted by Gasteiger charge is -2.19. The van der Waals surface area contributed by atoms with E-state index in [0.717, 1.165) is 0 Å². The zero-order chi connectivity index (χ0) is 11.5. The molecule has 0 heterocycles. The molecule has 0 fully saturated rings. The maximum atomic E-state index is 12.2. The molecular weight excluding hydrogens is 224 g/mol. The fourth-order valence-corrected chi connectivity index (χ4v) is 0.620. The van der Waals surface area contributed by atoms with Crippen LogP contribution >= 0.6 is 0 Å². The van der Waals surface area contributed by atoms with Crippen molar-refractivity contribution in [3.05, 3.63) is 0 Å². The van der Waals surface area contributed by atoms with Gasteiger partial charge in [0.05, 0.1) is 6.42 Å². The summed E-state index contributed by atoms with van der Waals surface area (Å²) >= 11 is 0. The van der Waals surface area contributed by atoms with Gasteiger partial charge in [-0.3, -0.25) is 0 Å². The minimum Gasteiger partial charge on any atom is -0.244 e. The fourth-order valence-electron chi connectivity index (χ4n) is 0.620. The first-order chi connectivity index (χ1) is 6.18. The van der Waals surface area contributed by atoms with Crippen molar-refractivity contribution in [1.29, 1.82) is 0 Å². The number of halogens is 8. The molecule has 2 unspecified atom stereocenters. The van der Waals surface area contributed by atoms with Crippen LogP contribution in [0, 0.1) is 0 Å². The molecule has 14 heavy (non-hydrogen) atoms. The van der Waals surface area contributed by atoms with Crippen molar-refractivity contribution in [2.45, 2.75) is 37.5 Å². The molecule has 0 saturated heterocycles. The minimum atomic E-state index is -4.79. The van der Waals surface area contributed by atoms with Crippen LogP contribution in [0.5, 0.6) is 0 Å². The van der Waals surface area contributed by atoms with Gasteiger partial charge in [-0.2, -0.15) is 0 Å². The van der Waals surface area contributed by atoms with E-state index in [1.165, 1.54) is 0 Å². The Hall–Kier alpha value is -0.560. The van der Waals surface area contributed by atoms with Gasteiger partial charge in [0.15, 0.2) is 6.17 Å². The molecule has 0 aliphatic rings. The second-order valence-electron chi connectivity index (χ2n) is 2.56. The molecule has 0 bridgehead atoms. The highest BCUT2D eigenvalue weighted by Crippen LogP contribution is 2.31. The maximum Gasteiger partial charge on any atom is 0.310 e. The maximum absolute atomic E-state index is 12.2. The van der Waals surface area contributed by atoms with Gasteiger partial charge < -0.3 is 0 Å². The molecular formula is C6H6F8. The number of alkyl halides is 8. The molecule has 0 aromatic heterocycles. The van der Waals surface area contributed by atoms with Gasteiger partial charge in [-0.25, -0.2) is 35.1 Å². The molecule has 0 N–H and O–H groups in total. The van der Waals surface area contributed by atoms with Crippen molar-refractivity contribution in [2.75, 3.05) is 0 Å². The molecule has 0 saturated carbocycles. The Balaban J connectivity index is 4.24. The SMILES string of the molecule is FC(F)C(F)C(F)CC(F)(F)C(F)F. The van der Waals surface area contributed by atoms with Gasteiger partial charge in [0.2, 0.25) is 0 Å². The molecule has 2 atom stereocenters. The van der Waals surface area contributed by atoms with E-state index >= 15 is 0 Å². The highest BCUT2D eigenvalue weighted by atomic mass is 19.3. The lowest BCUT2D eigenvalue weighted by atomic mass is 10.1. The van der Waals surface area contributed by atoms with Crippen molar-refractivity contribution in [2.24, 2.45) is 0 Å². The predicted octanol–water partition coefficient (Wildman–Crippen LogP) is 3.22. The first-order valence-electron chi connectivity index (χ1n) is 3.40. The molecule has 0 aromatic rings. The van der Waals surface area contributed by atoms with Crippen LogP contribution in [-0.4, -0.2) is 31.1 Å². The predicted molar refractivity (Wildman–Crippen MR) is 31.4 cm³/mol. The summed E-state index contributed by atoms with van der Waals surface area (Å²) in [6, 6.07) is 0. The van der Waals surface area contributed by atoms with Crippen LogP contribution in [0.2, 0.25) is 0 Å². The van der Waals surface area contributed by atoms with Gasteiger partial charge in [-0.15, -0.1) is 0 Å². The third-order valence-corrected chi connectivity index (χ3v) is 1.37. The van der Waals surface area contributed by atoms with E-state index in [4.69, 9.17) is 0 Å². The summed E-state index contributed by atoms with van der Waals surface area (Å²) in [5, 5.41) is 0. The lowest BCUT2D eigenvalue weighted by Crippen LogP contribution is -2.36. The largest absolute Gasteiger partial charge is 0.310 e. The first-order valence-corrected chi connectivity index (χ1v) is 3.40. The Morgan fingerprint density at radius 2 is 1.29 bits per heavy atom. The Kier molecular flexibility index (Phi) is 4.60. The van der Waals surface area contributed by atoms with E-state index in [9.17, 15) is 35.1 Å². The van der Waals surface area contributed by atoms with Gasteiger partial charge in [0, 0.05) is 0 Å². The van der Waals surface area contributed by atoms with Crippen LogP contribution in [0.3, 0.4) is 0 Å². The zero-order valence-electron chi connectivity index (χ0n) is 6.54. The van der Waals surface area contributed by atoms with Gasteiger partial charge in [-0.1, -0.05) is 0 Å². The van der Waals surface area contributed by atoms with E-state index in [0.29, 0.717) is 0 Å². The molecule has 0 aliphatic heterocycles. The van der Waals surface area contributed by atoms with E-state index in [1.807, 2.05) is 0 Å². The first kappa shape index (κ1) is 13.4. The Morgan fingerprint density at radius 1 is 0.857 bits per heavy atom. The van der Waals surface area contributed by atoms with Crippen LogP contribution in [0.25, 0.3) is 0 Å². The second-order valence-corrected chi connectivity index (χ2v) is 2.56. The lowest BCUT2D eigenvalue weighted by molar-refractivity contribution is -0.151. The smallest absolute Gasteiger partial charge is 0.244 e. The summed E-state index contributed by atoms with van der Waals surface area (Å²) in [7, 11) is 0. The van der Waals surface area contributed by atoms with E-state index in [1.54, 1.807) is 0 Å². The minimum absolute atomic E-state index is 2.25. The molecule has 86 valence electrons. The number of hydrogen-bond acceptors (Lipinski definition) is 0. The quantitative estimate of drug-likeness (QED) is 0.636. The molecule has 0 nitrogen and oxygen atoms in total. The van der Waals surface area contributed by atoms with Crippen molar-refractivity contribution in [3.63, 3.8) is 0 Å². The summed E-state index contributed by atoms with van der Waals surface area (Å²) in [4.78, 5) is 0. The molecule has 0 aromatic carbocycles. The van der Waals surface area contributed by atoms with Crippen LogP contribution in [0.15, 0.2) is 0 Å². The van der Waals surface area contributed by atoms with Crippen molar-refractivity contribution >= 4 is 0 Å². The molecule has 0 spiro atoms. The summed E-state index contributed by atoms with van der Waals surface area (Å²) in [5.41, 5.74) is 0. The summed E-state index contributed by atoms with van der Waals surface area (Å²) in [6.07, 6.45) is -17.0. The molecule has 0 aliphatic carbocycles. The Morgan fingerprint density at radius 3 is 1.57 bits per heavy atom. The highest BCUT2D eigenvalue weighted by Gasteiger charge is 2.46. The number of rotatable bonds is 5. The average molecular weight is 230 g/mol. The van der Waals surface area contributed by atoms with Crippen molar-refractivity contribution in [3.8, 4) is 0 Å². The highest BCUT2D eigenvalue weighted by molar-refractivity contribution is 4.80. The van der Waals surface area contributed by atoms with E-state index in [-0.39, 0.29) is 0 Å². The van der Waals surface area contributed by atoms with E-state index in [2.05, 4.69) is 0 Å². The normalized spacial score (nSPS) is 17.6. The van der Waals surface area contributed by atoms with Gasteiger partial charge in [0.1, 0.15) is 6.17 Å². The fraction of sp³-hybridized carbons (Fsp3) is 1.00. The molecule has 0 radical (unpaired) electrons. The van der Waals surface area contributed by atoms with Crippen molar-refractivity contribution < 1.29 is 35.1 Å². The summed E-state index contributed by atoms with van der Waals surface area (Å²) < 4.78 is 93.9. The van der Waals surface area contributed by atoms with Crippen LogP contribution < -0.4 is 0 Å². The standard InChI is InChI=1S/C6H6F8/c7-2(3(8)4(9)10)1-6(13,14)5(11)12/h2-5H,1H2. The third kappa shape index (κ3) is 3.67. The molecule has 0 rings (SSSR count). The van der Waals surface area contributed by atoms with Gasteiger partial charge in [-0.05, 0) is 0 Å². The summed E-state index contributed by atoms with van der Waals surface area (Å²) in [5.74, 6) is -4.79. The monoisotopic (exact) mass is 230 g/mol. The second kappa shape index (κ2) is 4.79. The Bertz CT molecular complexity index is 167. The Labute approximate surface area is 73.9 Å². The summed E-state index contributed by atoms with van der Waals surface area (Å²) in [6.45, 7) is 0. The van der Waals surface area contributed by atoms with Crippen LogP contribution in [0.4, 0.5) is 35.1 Å².